The average molecular weight is 251 g/mol. The van der Waals surface area contributed by atoms with Crippen LogP contribution in [0.25, 0.3) is 0 Å². The molecule has 1 atom stereocenters. The Morgan fingerprint density at radius 3 is 2.61 bits per heavy atom. The second-order valence-electron chi connectivity index (χ2n) is 4.02. The second-order valence-corrected chi connectivity index (χ2v) is 4.02. The number of aliphatic carboxylic acids is 1. The molecule has 1 aromatic rings. The van der Waals surface area contributed by atoms with Crippen LogP contribution in [0, 0.1) is 6.92 Å². The van der Waals surface area contributed by atoms with Crippen molar-refractivity contribution in [3.05, 3.63) is 35.4 Å². The summed E-state index contributed by atoms with van der Waals surface area (Å²) in [7, 11) is 1.39. The second kappa shape index (κ2) is 6.76. The van der Waals surface area contributed by atoms with Gasteiger partial charge in [-0.1, -0.05) is 24.3 Å². The van der Waals surface area contributed by atoms with Crippen LogP contribution in [0.4, 0.5) is 0 Å². The van der Waals surface area contributed by atoms with Crippen molar-refractivity contribution in [1.29, 1.82) is 0 Å². The standard InChI is InChI=1S/C13H17NO4/c1-9-5-3-4-6-10(9)7-12(15)14-11(8-18-2)13(16)17/h3-6,11H,7-8H2,1-2H3,(H,14,15)(H,16,17). The maximum Gasteiger partial charge on any atom is 0.328 e. The number of carbonyl (C=O) groups excluding carboxylic acids is 1. The number of amides is 1. The predicted molar refractivity (Wildman–Crippen MR) is 66.3 cm³/mol. The number of methoxy groups -OCH3 is 1. The first-order valence-electron chi connectivity index (χ1n) is 5.60. The van der Waals surface area contributed by atoms with Gasteiger partial charge in [-0.3, -0.25) is 4.79 Å². The number of carboxylic acids is 1. The summed E-state index contributed by atoms with van der Waals surface area (Å²) < 4.78 is 4.74. The van der Waals surface area contributed by atoms with E-state index >= 15 is 0 Å². The number of hydrogen-bond acceptors (Lipinski definition) is 3. The number of carboxylic acid groups (broad SMARTS) is 1. The van der Waals surface area contributed by atoms with Gasteiger partial charge in [0.25, 0.3) is 0 Å². The zero-order chi connectivity index (χ0) is 13.5. The lowest BCUT2D eigenvalue weighted by atomic mass is 10.1. The van der Waals surface area contributed by atoms with Crippen molar-refractivity contribution in [2.24, 2.45) is 0 Å². The number of hydrogen-bond donors (Lipinski definition) is 2. The van der Waals surface area contributed by atoms with E-state index in [1.54, 1.807) is 0 Å². The monoisotopic (exact) mass is 251 g/mol. The van der Waals surface area contributed by atoms with E-state index in [4.69, 9.17) is 9.84 Å². The lowest BCUT2D eigenvalue weighted by Gasteiger charge is -2.14. The third kappa shape index (κ3) is 4.18. The Kier molecular flexibility index (Phi) is 5.32. The molecular formula is C13H17NO4. The summed E-state index contributed by atoms with van der Waals surface area (Å²) in [4.78, 5) is 22.6. The molecule has 0 bridgehead atoms. The molecule has 0 spiro atoms. The van der Waals surface area contributed by atoms with Gasteiger partial charge in [-0.05, 0) is 18.1 Å². The van der Waals surface area contributed by atoms with Crippen molar-refractivity contribution in [3.63, 3.8) is 0 Å². The van der Waals surface area contributed by atoms with Crippen molar-refractivity contribution in [1.82, 2.24) is 5.32 Å². The van der Waals surface area contributed by atoms with Crippen molar-refractivity contribution in [2.45, 2.75) is 19.4 Å². The number of nitrogens with one attached hydrogen (secondary N) is 1. The van der Waals surface area contributed by atoms with Crippen LogP contribution in [0.3, 0.4) is 0 Å². The van der Waals surface area contributed by atoms with Crippen LogP contribution in [-0.2, 0) is 20.7 Å². The molecule has 0 aliphatic rings. The fourth-order valence-corrected chi connectivity index (χ4v) is 1.57. The van der Waals surface area contributed by atoms with Gasteiger partial charge < -0.3 is 15.2 Å². The van der Waals surface area contributed by atoms with Gasteiger partial charge in [-0.25, -0.2) is 4.79 Å². The molecule has 0 heterocycles. The zero-order valence-electron chi connectivity index (χ0n) is 10.5. The van der Waals surface area contributed by atoms with Crippen LogP contribution in [0.1, 0.15) is 11.1 Å². The van der Waals surface area contributed by atoms with Gasteiger partial charge in [0.2, 0.25) is 5.91 Å². The first-order chi connectivity index (χ1) is 8.54. The Hall–Kier alpha value is -1.88. The van der Waals surface area contributed by atoms with E-state index in [0.29, 0.717) is 0 Å². The van der Waals surface area contributed by atoms with Gasteiger partial charge in [-0.15, -0.1) is 0 Å². The molecular weight excluding hydrogens is 234 g/mol. The number of aryl methyl sites for hydroxylation is 1. The highest BCUT2D eigenvalue weighted by molar-refractivity contribution is 5.85. The average Bonchev–Trinajstić information content (AvgIpc) is 2.31. The topological polar surface area (TPSA) is 75.6 Å². The van der Waals surface area contributed by atoms with Crippen molar-refractivity contribution >= 4 is 11.9 Å². The molecule has 0 aliphatic carbocycles. The van der Waals surface area contributed by atoms with Crippen molar-refractivity contribution in [2.75, 3.05) is 13.7 Å². The summed E-state index contributed by atoms with van der Waals surface area (Å²) in [5.74, 6) is -1.43. The summed E-state index contributed by atoms with van der Waals surface area (Å²) >= 11 is 0. The molecule has 2 N–H and O–H groups in total. The molecule has 1 aromatic carbocycles. The number of ether oxygens (including phenoxy) is 1. The normalized spacial score (nSPS) is 11.9. The smallest absolute Gasteiger partial charge is 0.328 e. The molecule has 0 radical (unpaired) electrons. The molecule has 0 fully saturated rings. The number of benzene rings is 1. The van der Waals surface area contributed by atoms with Gasteiger partial charge >= 0.3 is 5.97 Å². The minimum absolute atomic E-state index is 0.0468. The van der Waals surface area contributed by atoms with E-state index in [9.17, 15) is 9.59 Å². The molecule has 1 amide bonds. The third-order valence-electron chi connectivity index (χ3n) is 2.58. The Morgan fingerprint density at radius 2 is 2.06 bits per heavy atom. The van der Waals surface area contributed by atoms with Crippen LogP contribution < -0.4 is 5.32 Å². The molecule has 5 heteroatoms. The minimum atomic E-state index is -1.10. The Morgan fingerprint density at radius 1 is 1.39 bits per heavy atom. The van der Waals surface area contributed by atoms with Crippen LogP contribution in [-0.4, -0.2) is 36.7 Å². The molecule has 1 unspecified atom stereocenters. The number of rotatable bonds is 6. The zero-order valence-corrected chi connectivity index (χ0v) is 10.5. The highest BCUT2D eigenvalue weighted by Gasteiger charge is 2.19. The Balaban J connectivity index is 2.61. The highest BCUT2D eigenvalue weighted by Crippen LogP contribution is 2.07. The van der Waals surface area contributed by atoms with E-state index in [1.165, 1.54) is 7.11 Å². The van der Waals surface area contributed by atoms with Gasteiger partial charge in [0.05, 0.1) is 13.0 Å². The van der Waals surface area contributed by atoms with Gasteiger partial charge in [0.1, 0.15) is 0 Å². The van der Waals surface area contributed by atoms with E-state index in [1.807, 2.05) is 31.2 Å². The Labute approximate surface area is 106 Å². The van der Waals surface area contributed by atoms with Crippen molar-refractivity contribution < 1.29 is 19.4 Å². The maximum absolute atomic E-state index is 11.7. The molecule has 98 valence electrons. The number of carbonyl (C=O) groups is 2. The lowest BCUT2D eigenvalue weighted by molar-refractivity contribution is -0.143. The van der Waals surface area contributed by atoms with Gasteiger partial charge in [0.15, 0.2) is 6.04 Å². The highest BCUT2D eigenvalue weighted by atomic mass is 16.5. The minimum Gasteiger partial charge on any atom is -0.480 e. The third-order valence-corrected chi connectivity index (χ3v) is 2.58. The molecule has 0 saturated heterocycles. The first kappa shape index (κ1) is 14.2. The fraction of sp³-hybridized carbons (Fsp3) is 0.385. The summed E-state index contributed by atoms with van der Waals surface area (Å²) in [5, 5.41) is 11.3. The molecule has 5 nitrogen and oxygen atoms in total. The van der Waals surface area contributed by atoms with Crippen LogP contribution >= 0.6 is 0 Å². The molecule has 0 aliphatic heterocycles. The molecule has 18 heavy (non-hydrogen) atoms. The molecule has 1 rings (SSSR count). The fourth-order valence-electron chi connectivity index (χ4n) is 1.57. The summed E-state index contributed by atoms with van der Waals surface area (Å²) in [6.45, 7) is 1.86. The van der Waals surface area contributed by atoms with Crippen LogP contribution in [0.5, 0.6) is 0 Å². The van der Waals surface area contributed by atoms with Crippen molar-refractivity contribution in [3.8, 4) is 0 Å². The Bertz CT molecular complexity index is 431. The van der Waals surface area contributed by atoms with Crippen LogP contribution in [0.15, 0.2) is 24.3 Å². The van der Waals surface area contributed by atoms with Gasteiger partial charge in [0, 0.05) is 7.11 Å². The summed E-state index contributed by atoms with van der Waals surface area (Å²) in [5.41, 5.74) is 1.89. The quantitative estimate of drug-likeness (QED) is 0.782. The lowest BCUT2D eigenvalue weighted by Crippen LogP contribution is -2.44. The SMILES string of the molecule is COCC(NC(=O)Cc1ccccc1C)C(=O)O. The first-order valence-corrected chi connectivity index (χ1v) is 5.60. The van der Waals surface area contributed by atoms with E-state index < -0.39 is 12.0 Å². The molecule has 0 saturated carbocycles. The molecule has 0 aromatic heterocycles. The predicted octanol–water partition coefficient (Wildman–Crippen LogP) is 0.753. The van der Waals surface area contributed by atoms with E-state index in [0.717, 1.165) is 11.1 Å². The summed E-state index contributed by atoms with van der Waals surface area (Å²) in [6.07, 6.45) is 0.167. The largest absolute Gasteiger partial charge is 0.480 e. The van der Waals surface area contributed by atoms with E-state index in [-0.39, 0.29) is 18.9 Å². The summed E-state index contributed by atoms with van der Waals surface area (Å²) in [6, 6.07) is 6.49. The maximum atomic E-state index is 11.7. The van der Waals surface area contributed by atoms with Gasteiger partial charge in [-0.2, -0.15) is 0 Å². The van der Waals surface area contributed by atoms with Crippen LogP contribution in [0.2, 0.25) is 0 Å². The van der Waals surface area contributed by atoms with E-state index in [2.05, 4.69) is 5.32 Å².